The molecule has 2 aliphatic heterocycles. The van der Waals surface area contributed by atoms with Crippen LogP contribution in [0, 0.1) is 5.92 Å². The van der Waals surface area contributed by atoms with Crippen LogP contribution < -0.4 is 0 Å². The van der Waals surface area contributed by atoms with Crippen LogP contribution in [0.4, 0.5) is 4.79 Å². The number of nitrogens with zero attached hydrogens (tertiary/aromatic N) is 2. The molecule has 5 nitrogen and oxygen atoms in total. The summed E-state index contributed by atoms with van der Waals surface area (Å²) in [7, 11) is 0. The smallest absolute Gasteiger partial charge is 0.326 e. The Balaban J connectivity index is 1.93. The van der Waals surface area contributed by atoms with Crippen molar-refractivity contribution in [3.8, 4) is 0 Å². The van der Waals surface area contributed by atoms with Crippen molar-refractivity contribution in [3.63, 3.8) is 0 Å². The van der Waals surface area contributed by atoms with E-state index in [4.69, 9.17) is 5.11 Å². The number of amides is 2. The summed E-state index contributed by atoms with van der Waals surface area (Å²) in [4.78, 5) is 26.8. The van der Waals surface area contributed by atoms with Crippen molar-refractivity contribution >= 4 is 12.0 Å². The highest BCUT2D eigenvalue weighted by molar-refractivity contribution is 5.83. The molecule has 102 valence electrons. The lowest BCUT2D eigenvalue weighted by Gasteiger charge is -2.27. The van der Waals surface area contributed by atoms with E-state index in [1.807, 2.05) is 4.90 Å². The van der Waals surface area contributed by atoms with Gasteiger partial charge in [-0.2, -0.15) is 0 Å². The summed E-state index contributed by atoms with van der Waals surface area (Å²) >= 11 is 0. The first-order valence-corrected chi connectivity index (χ1v) is 6.91. The topological polar surface area (TPSA) is 60.9 Å². The van der Waals surface area contributed by atoms with E-state index in [0.717, 1.165) is 38.8 Å². The SMILES string of the molecule is CCCC1CCN(C(=O)N2CCCC2C(=O)O)C1. The summed E-state index contributed by atoms with van der Waals surface area (Å²) in [6, 6.07) is -0.679. The number of aliphatic carboxylic acids is 1. The number of hydrogen-bond acceptors (Lipinski definition) is 2. The Morgan fingerprint density at radius 1 is 1.28 bits per heavy atom. The summed E-state index contributed by atoms with van der Waals surface area (Å²) in [5.74, 6) is -0.269. The van der Waals surface area contributed by atoms with Gasteiger partial charge in [0.2, 0.25) is 0 Å². The van der Waals surface area contributed by atoms with Gasteiger partial charge in [0, 0.05) is 19.6 Å². The molecule has 0 spiro atoms. The van der Waals surface area contributed by atoms with Gasteiger partial charge in [-0.3, -0.25) is 0 Å². The molecule has 0 bridgehead atoms. The van der Waals surface area contributed by atoms with Crippen molar-refractivity contribution in [2.75, 3.05) is 19.6 Å². The van der Waals surface area contributed by atoms with Crippen LogP contribution in [0.3, 0.4) is 0 Å². The Morgan fingerprint density at radius 2 is 2.06 bits per heavy atom. The van der Waals surface area contributed by atoms with E-state index in [1.54, 1.807) is 0 Å². The Hall–Kier alpha value is -1.26. The Morgan fingerprint density at radius 3 is 2.72 bits per heavy atom. The molecule has 2 unspecified atom stereocenters. The number of carboxylic acids is 1. The standard InChI is InChI=1S/C13H22N2O3/c1-2-4-10-6-8-14(9-10)13(18)15-7-3-5-11(15)12(16)17/h10-11H,2-9H2,1H3,(H,16,17). The predicted molar refractivity (Wildman–Crippen MR) is 67.3 cm³/mol. The summed E-state index contributed by atoms with van der Waals surface area (Å²) in [6.45, 7) is 4.33. The van der Waals surface area contributed by atoms with Gasteiger partial charge < -0.3 is 14.9 Å². The fraction of sp³-hybridized carbons (Fsp3) is 0.846. The molecule has 0 aliphatic carbocycles. The van der Waals surface area contributed by atoms with Crippen molar-refractivity contribution in [2.45, 2.75) is 45.1 Å². The van der Waals surface area contributed by atoms with Crippen LogP contribution >= 0.6 is 0 Å². The zero-order valence-electron chi connectivity index (χ0n) is 11.0. The predicted octanol–water partition coefficient (Wildman–Crippen LogP) is 1.78. The monoisotopic (exact) mass is 254 g/mol. The number of carbonyl (C=O) groups is 2. The molecule has 0 radical (unpaired) electrons. The summed E-state index contributed by atoms with van der Waals surface area (Å²) < 4.78 is 0. The lowest BCUT2D eigenvalue weighted by Crippen LogP contribution is -2.47. The summed E-state index contributed by atoms with van der Waals surface area (Å²) in [5.41, 5.74) is 0. The fourth-order valence-corrected chi connectivity index (χ4v) is 3.08. The Labute approximate surface area is 108 Å². The maximum atomic E-state index is 12.3. The van der Waals surface area contributed by atoms with E-state index in [0.29, 0.717) is 18.9 Å². The van der Waals surface area contributed by atoms with Gasteiger partial charge in [0.25, 0.3) is 0 Å². The van der Waals surface area contributed by atoms with E-state index in [9.17, 15) is 9.59 Å². The van der Waals surface area contributed by atoms with Gasteiger partial charge in [-0.15, -0.1) is 0 Å². The lowest BCUT2D eigenvalue weighted by atomic mass is 10.0. The van der Waals surface area contributed by atoms with Crippen LogP contribution in [-0.4, -0.2) is 52.6 Å². The summed E-state index contributed by atoms with van der Waals surface area (Å²) in [5, 5.41) is 9.10. The third kappa shape index (κ3) is 2.60. The fourth-order valence-electron chi connectivity index (χ4n) is 3.08. The van der Waals surface area contributed by atoms with Crippen LogP contribution in [0.5, 0.6) is 0 Å². The van der Waals surface area contributed by atoms with Gasteiger partial charge >= 0.3 is 12.0 Å². The van der Waals surface area contributed by atoms with Crippen LogP contribution in [0.25, 0.3) is 0 Å². The summed E-state index contributed by atoms with van der Waals surface area (Å²) in [6.07, 6.45) is 4.76. The van der Waals surface area contributed by atoms with E-state index < -0.39 is 12.0 Å². The minimum atomic E-state index is -0.870. The van der Waals surface area contributed by atoms with Gasteiger partial charge in [0.15, 0.2) is 0 Å². The molecule has 2 rings (SSSR count). The molecule has 2 saturated heterocycles. The first-order chi connectivity index (χ1) is 8.63. The van der Waals surface area contributed by atoms with Crippen molar-refractivity contribution in [3.05, 3.63) is 0 Å². The Bertz CT molecular complexity index is 332. The molecule has 2 fully saturated rings. The van der Waals surface area contributed by atoms with Crippen molar-refractivity contribution in [2.24, 2.45) is 5.92 Å². The highest BCUT2D eigenvalue weighted by Crippen LogP contribution is 2.25. The van der Waals surface area contributed by atoms with E-state index in [2.05, 4.69) is 6.92 Å². The highest BCUT2D eigenvalue weighted by Gasteiger charge is 2.37. The minimum absolute atomic E-state index is 0.0708. The molecule has 1 N–H and O–H groups in total. The van der Waals surface area contributed by atoms with Gasteiger partial charge in [0.05, 0.1) is 0 Å². The molecule has 2 aliphatic rings. The van der Waals surface area contributed by atoms with E-state index in [1.165, 1.54) is 4.90 Å². The second-order valence-corrected chi connectivity index (χ2v) is 5.36. The second kappa shape index (κ2) is 5.59. The zero-order chi connectivity index (χ0) is 13.1. The van der Waals surface area contributed by atoms with Gasteiger partial charge in [-0.1, -0.05) is 13.3 Å². The van der Waals surface area contributed by atoms with Crippen molar-refractivity contribution < 1.29 is 14.7 Å². The first kappa shape index (κ1) is 13.2. The largest absolute Gasteiger partial charge is 0.480 e. The molecule has 0 aromatic heterocycles. The maximum Gasteiger partial charge on any atom is 0.326 e. The average molecular weight is 254 g/mol. The average Bonchev–Trinajstić information content (AvgIpc) is 2.96. The maximum absolute atomic E-state index is 12.3. The number of carboxylic acid groups (broad SMARTS) is 1. The minimum Gasteiger partial charge on any atom is -0.480 e. The molecular weight excluding hydrogens is 232 g/mol. The van der Waals surface area contributed by atoms with Crippen LogP contribution in [0.1, 0.15) is 39.0 Å². The third-order valence-corrected chi connectivity index (χ3v) is 4.04. The molecule has 2 amide bonds. The third-order valence-electron chi connectivity index (χ3n) is 4.04. The molecule has 5 heteroatoms. The highest BCUT2D eigenvalue weighted by atomic mass is 16.4. The molecule has 0 aromatic rings. The molecule has 2 heterocycles. The van der Waals surface area contributed by atoms with Gasteiger partial charge in [-0.25, -0.2) is 9.59 Å². The number of urea groups is 1. The number of carbonyl (C=O) groups excluding carboxylic acids is 1. The van der Waals surface area contributed by atoms with Gasteiger partial charge in [-0.05, 0) is 31.6 Å². The zero-order valence-corrected chi connectivity index (χ0v) is 11.0. The van der Waals surface area contributed by atoms with Crippen molar-refractivity contribution in [1.29, 1.82) is 0 Å². The number of hydrogen-bond donors (Lipinski definition) is 1. The molecule has 18 heavy (non-hydrogen) atoms. The quantitative estimate of drug-likeness (QED) is 0.835. The second-order valence-electron chi connectivity index (χ2n) is 5.36. The van der Waals surface area contributed by atoms with Gasteiger partial charge in [0.1, 0.15) is 6.04 Å². The molecule has 2 atom stereocenters. The van der Waals surface area contributed by atoms with Crippen LogP contribution in [0.15, 0.2) is 0 Å². The number of likely N-dealkylation sites (tertiary alicyclic amines) is 2. The van der Waals surface area contributed by atoms with Crippen molar-refractivity contribution in [1.82, 2.24) is 9.80 Å². The van der Waals surface area contributed by atoms with E-state index >= 15 is 0 Å². The molecular formula is C13H22N2O3. The van der Waals surface area contributed by atoms with E-state index in [-0.39, 0.29) is 6.03 Å². The van der Waals surface area contributed by atoms with Crippen LogP contribution in [0.2, 0.25) is 0 Å². The molecule has 0 aromatic carbocycles. The van der Waals surface area contributed by atoms with Crippen LogP contribution in [-0.2, 0) is 4.79 Å². The lowest BCUT2D eigenvalue weighted by molar-refractivity contribution is -0.141. The normalized spacial score (nSPS) is 27.8. The first-order valence-electron chi connectivity index (χ1n) is 6.91. The Kier molecular flexibility index (Phi) is 4.09. The number of rotatable bonds is 3. The molecule has 0 saturated carbocycles.